The molecule has 0 amide bonds. The molecule has 2 heterocycles. The molecule has 0 bridgehead atoms. The van der Waals surface area contributed by atoms with Gasteiger partial charge in [0.15, 0.2) is 0 Å². The predicted molar refractivity (Wildman–Crippen MR) is 77.8 cm³/mol. The molecule has 0 aromatic heterocycles. The Morgan fingerprint density at radius 1 is 1.29 bits per heavy atom. The number of nitrogens with zero attached hydrogens (tertiary/aromatic N) is 1. The van der Waals surface area contributed by atoms with Crippen LogP contribution in [-0.2, 0) is 0 Å². The van der Waals surface area contributed by atoms with Crippen molar-refractivity contribution < 1.29 is 0 Å². The molecule has 0 spiro atoms. The Bertz CT molecular complexity index is 204. The van der Waals surface area contributed by atoms with Crippen molar-refractivity contribution in [2.24, 2.45) is 5.92 Å². The maximum Gasteiger partial charge on any atom is 0.0170 e. The van der Waals surface area contributed by atoms with Crippen molar-refractivity contribution in [2.45, 2.75) is 45.1 Å². The Labute approximate surface area is 111 Å². The van der Waals surface area contributed by atoms with Crippen LogP contribution in [0.15, 0.2) is 0 Å². The van der Waals surface area contributed by atoms with Crippen LogP contribution in [0.1, 0.15) is 39.0 Å². The van der Waals surface area contributed by atoms with Gasteiger partial charge < -0.3 is 10.2 Å². The number of rotatable bonds is 4. The zero-order valence-electron chi connectivity index (χ0n) is 11.3. The Morgan fingerprint density at radius 3 is 3.00 bits per heavy atom. The minimum atomic E-state index is 0.777. The standard InChI is InChI=1S/C14H28N2S/c1-2-13-4-3-8-16(9-5-13)10-6-14-12-17-11-7-15-14/h13-15H,2-12H2,1H3. The maximum atomic E-state index is 3.65. The van der Waals surface area contributed by atoms with Gasteiger partial charge in [0.2, 0.25) is 0 Å². The van der Waals surface area contributed by atoms with Gasteiger partial charge in [-0.05, 0) is 51.2 Å². The maximum absolute atomic E-state index is 3.65. The molecule has 2 nitrogen and oxygen atoms in total. The van der Waals surface area contributed by atoms with Gasteiger partial charge in [0.05, 0.1) is 0 Å². The van der Waals surface area contributed by atoms with Crippen molar-refractivity contribution in [1.82, 2.24) is 10.2 Å². The van der Waals surface area contributed by atoms with E-state index in [4.69, 9.17) is 0 Å². The van der Waals surface area contributed by atoms with Crippen LogP contribution in [0.5, 0.6) is 0 Å². The van der Waals surface area contributed by atoms with E-state index in [1.165, 1.54) is 69.8 Å². The van der Waals surface area contributed by atoms with Gasteiger partial charge in [-0.2, -0.15) is 11.8 Å². The van der Waals surface area contributed by atoms with Gasteiger partial charge in [0.25, 0.3) is 0 Å². The summed E-state index contributed by atoms with van der Waals surface area (Å²) >= 11 is 2.12. The highest BCUT2D eigenvalue weighted by Gasteiger charge is 2.18. The van der Waals surface area contributed by atoms with E-state index in [2.05, 4.69) is 28.9 Å². The largest absolute Gasteiger partial charge is 0.312 e. The molecule has 0 saturated carbocycles. The van der Waals surface area contributed by atoms with Gasteiger partial charge >= 0.3 is 0 Å². The van der Waals surface area contributed by atoms with Crippen LogP contribution in [0.3, 0.4) is 0 Å². The van der Waals surface area contributed by atoms with Gasteiger partial charge in [0.1, 0.15) is 0 Å². The fourth-order valence-electron chi connectivity index (χ4n) is 3.00. The lowest BCUT2D eigenvalue weighted by Gasteiger charge is -2.27. The molecule has 100 valence electrons. The van der Waals surface area contributed by atoms with Crippen LogP contribution >= 0.6 is 11.8 Å². The molecule has 0 aliphatic carbocycles. The van der Waals surface area contributed by atoms with Gasteiger partial charge in [-0.25, -0.2) is 0 Å². The van der Waals surface area contributed by atoms with E-state index in [9.17, 15) is 0 Å². The van der Waals surface area contributed by atoms with Gasteiger partial charge in [-0.1, -0.05) is 13.3 Å². The second kappa shape index (κ2) is 7.65. The summed E-state index contributed by atoms with van der Waals surface area (Å²) < 4.78 is 0. The Morgan fingerprint density at radius 2 is 2.24 bits per heavy atom. The topological polar surface area (TPSA) is 15.3 Å². The molecule has 0 radical (unpaired) electrons. The zero-order valence-corrected chi connectivity index (χ0v) is 12.1. The highest BCUT2D eigenvalue weighted by molar-refractivity contribution is 7.99. The number of thioether (sulfide) groups is 1. The fourth-order valence-corrected chi connectivity index (χ4v) is 4.00. The minimum Gasteiger partial charge on any atom is -0.312 e. The van der Waals surface area contributed by atoms with E-state index in [0.29, 0.717) is 0 Å². The SMILES string of the molecule is CCC1CCCN(CCC2CSCCN2)CC1. The summed E-state index contributed by atoms with van der Waals surface area (Å²) in [6.45, 7) is 7.57. The van der Waals surface area contributed by atoms with Gasteiger partial charge in [-0.15, -0.1) is 0 Å². The minimum absolute atomic E-state index is 0.777. The smallest absolute Gasteiger partial charge is 0.0170 e. The summed E-state index contributed by atoms with van der Waals surface area (Å²) in [6.07, 6.45) is 7.05. The Kier molecular flexibility index (Phi) is 6.16. The van der Waals surface area contributed by atoms with E-state index in [0.717, 1.165) is 12.0 Å². The van der Waals surface area contributed by atoms with Crippen molar-refractivity contribution in [3.05, 3.63) is 0 Å². The van der Waals surface area contributed by atoms with Crippen LogP contribution in [0, 0.1) is 5.92 Å². The van der Waals surface area contributed by atoms with Gasteiger partial charge in [-0.3, -0.25) is 0 Å². The highest BCUT2D eigenvalue weighted by Crippen LogP contribution is 2.20. The molecular weight excluding hydrogens is 228 g/mol. The number of nitrogens with one attached hydrogen (secondary N) is 1. The molecule has 2 fully saturated rings. The molecule has 2 rings (SSSR count). The molecule has 0 aromatic carbocycles. The third kappa shape index (κ3) is 4.80. The Hall–Kier alpha value is 0.270. The predicted octanol–water partition coefficient (Wildman–Crippen LogP) is 2.59. The normalized spacial score (nSPS) is 32.3. The highest BCUT2D eigenvalue weighted by atomic mass is 32.2. The first kappa shape index (κ1) is 13.7. The molecule has 1 N–H and O–H groups in total. The molecule has 2 atom stereocenters. The molecule has 3 heteroatoms. The fraction of sp³-hybridized carbons (Fsp3) is 1.00. The summed E-state index contributed by atoms with van der Waals surface area (Å²) in [4.78, 5) is 2.70. The molecule has 2 saturated heterocycles. The molecular formula is C14H28N2S. The van der Waals surface area contributed by atoms with E-state index >= 15 is 0 Å². The number of hydrogen-bond acceptors (Lipinski definition) is 3. The summed E-state index contributed by atoms with van der Waals surface area (Å²) in [5, 5.41) is 3.65. The first-order valence-corrected chi connectivity index (χ1v) is 8.57. The molecule has 0 aromatic rings. The lowest BCUT2D eigenvalue weighted by Crippen LogP contribution is -2.40. The second-order valence-corrected chi connectivity index (χ2v) is 6.71. The monoisotopic (exact) mass is 256 g/mol. The van der Waals surface area contributed by atoms with Crippen LogP contribution in [0.2, 0.25) is 0 Å². The van der Waals surface area contributed by atoms with E-state index in [1.807, 2.05) is 0 Å². The molecule has 2 aliphatic rings. The van der Waals surface area contributed by atoms with Crippen molar-refractivity contribution in [3.8, 4) is 0 Å². The third-order valence-corrected chi connectivity index (χ3v) is 5.44. The van der Waals surface area contributed by atoms with Crippen molar-refractivity contribution in [2.75, 3.05) is 37.7 Å². The van der Waals surface area contributed by atoms with Crippen LogP contribution in [0.25, 0.3) is 0 Å². The average molecular weight is 256 g/mol. The molecule has 17 heavy (non-hydrogen) atoms. The number of likely N-dealkylation sites (tertiary alicyclic amines) is 1. The van der Waals surface area contributed by atoms with Gasteiger partial charge in [0, 0.05) is 24.1 Å². The van der Waals surface area contributed by atoms with E-state index in [1.54, 1.807) is 0 Å². The zero-order chi connectivity index (χ0) is 11.9. The van der Waals surface area contributed by atoms with Crippen LogP contribution < -0.4 is 5.32 Å². The van der Waals surface area contributed by atoms with Crippen molar-refractivity contribution >= 4 is 11.8 Å². The Balaban J connectivity index is 1.64. The van der Waals surface area contributed by atoms with Crippen LogP contribution in [0.4, 0.5) is 0 Å². The molecule has 2 aliphatic heterocycles. The first-order valence-electron chi connectivity index (χ1n) is 7.42. The molecule has 2 unspecified atom stereocenters. The summed E-state index contributed by atoms with van der Waals surface area (Å²) in [7, 11) is 0. The van der Waals surface area contributed by atoms with E-state index < -0.39 is 0 Å². The van der Waals surface area contributed by atoms with Crippen molar-refractivity contribution in [3.63, 3.8) is 0 Å². The van der Waals surface area contributed by atoms with Crippen molar-refractivity contribution in [1.29, 1.82) is 0 Å². The first-order chi connectivity index (χ1) is 8.38. The second-order valence-electron chi connectivity index (χ2n) is 5.56. The van der Waals surface area contributed by atoms with Crippen LogP contribution in [-0.4, -0.2) is 48.6 Å². The number of hydrogen-bond donors (Lipinski definition) is 1. The summed E-state index contributed by atoms with van der Waals surface area (Å²) in [5.74, 6) is 3.63. The average Bonchev–Trinajstić information content (AvgIpc) is 2.62. The summed E-state index contributed by atoms with van der Waals surface area (Å²) in [5.41, 5.74) is 0. The third-order valence-electron chi connectivity index (χ3n) is 4.31. The lowest BCUT2D eigenvalue weighted by atomic mass is 9.98. The quantitative estimate of drug-likeness (QED) is 0.832. The van der Waals surface area contributed by atoms with E-state index in [-0.39, 0.29) is 0 Å². The summed E-state index contributed by atoms with van der Waals surface area (Å²) in [6, 6.07) is 0.777. The lowest BCUT2D eigenvalue weighted by molar-refractivity contribution is 0.265.